The van der Waals surface area contributed by atoms with Crippen LogP contribution in [0.4, 0.5) is 0 Å². The molecule has 0 heterocycles. The highest BCUT2D eigenvalue weighted by Crippen LogP contribution is 2.28. The van der Waals surface area contributed by atoms with E-state index in [0.717, 1.165) is 23.5 Å². The molecule has 1 aliphatic rings. The topological polar surface area (TPSA) is 29.3 Å². The first kappa shape index (κ1) is 14.0. The molecule has 2 rings (SSSR count). The number of benzene rings is 1. The fourth-order valence-corrected chi connectivity index (χ4v) is 2.83. The monoisotopic (exact) mass is 310 g/mol. The highest BCUT2D eigenvalue weighted by molar-refractivity contribution is 9.10. The van der Waals surface area contributed by atoms with E-state index in [0.29, 0.717) is 0 Å². The summed E-state index contributed by atoms with van der Waals surface area (Å²) in [7, 11) is 0. The number of nitrogens with zero attached hydrogens (tertiary/aromatic N) is 1. The quantitative estimate of drug-likeness (QED) is 0.831. The zero-order valence-electron chi connectivity index (χ0n) is 11.1. The van der Waals surface area contributed by atoms with Crippen molar-refractivity contribution in [3.8, 4) is 0 Å². The van der Waals surface area contributed by atoms with Gasteiger partial charge in [0.05, 0.1) is 0 Å². The molecule has 0 spiro atoms. The summed E-state index contributed by atoms with van der Waals surface area (Å²) in [6, 6.07) is 9.36. The molecule has 0 aliphatic heterocycles. The lowest BCUT2D eigenvalue weighted by Gasteiger charge is -2.23. The summed E-state index contributed by atoms with van der Waals surface area (Å²) >= 11 is 3.50. The van der Waals surface area contributed by atoms with Gasteiger partial charge in [0.2, 0.25) is 0 Å². The Hall–Kier alpha value is -0.380. The zero-order chi connectivity index (χ0) is 13.0. The van der Waals surface area contributed by atoms with E-state index in [1.54, 1.807) is 0 Å². The molecule has 0 aromatic heterocycles. The van der Waals surface area contributed by atoms with Crippen LogP contribution in [-0.2, 0) is 0 Å². The fraction of sp³-hybridized carbons (Fsp3) is 0.600. The van der Waals surface area contributed by atoms with Gasteiger partial charge in [0, 0.05) is 23.1 Å². The molecule has 1 saturated carbocycles. The van der Waals surface area contributed by atoms with Gasteiger partial charge in [-0.15, -0.1) is 0 Å². The van der Waals surface area contributed by atoms with Crippen molar-refractivity contribution in [2.24, 2.45) is 5.73 Å². The predicted octanol–water partition coefficient (Wildman–Crippen LogP) is 3.71. The second-order valence-corrected chi connectivity index (χ2v) is 6.13. The van der Waals surface area contributed by atoms with Crippen LogP contribution in [0.1, 0.15) is 44.2 Å². The van der Waals surface area contributed by atoms with Crippen LogP contribution in [0, 0.1) is 0 Å². The molecule has 2 N–H and O–H groups in total. The Morgan fingerprint density at radius 3 is 2.78 bits per heavy atom. The smallest absolute Gasteiger partial charge is 0.0307 e. The van der Waals surface area contributed by atoms with E-state index in [1.807, 2.05) is 6.07 Å². The van der Waals surface area contributed by atoms with Crippen molar-refractivity contribution in [2.75, 3.05) is 13.1 Å². The molecule has 1 atom stereocenters. The maximum absolute atomic E-state index is 6.28. The first-order valence-electron chi connectivity index (χ1n) is 6.95. The van der Waals surface area contributed by atoms with Crippen molar-refractivity contribution in [2.45, 2.75) is 44.7 Å². The van der Waals surface area contributed by atoms with Gasteiger partial charge in [-0.1, -0.05) is 35.0 Å². The van der Waals surface area contributed by atoms with Crippen molar-refractivity contribution in [1.29, 1.82) is 0 Å². The largest absolute Gasteiger partial charge is 0.324 e. The van der Waals surface area contributed by atoms with Gasteiger partial charge in [-0.05, 0) is 49.9 Å². The molecule has 100 valence electrons. The minimum atomic E-state index is 0.153. The van der Waals surface area contributed by atoms with Gasteiger partial charge in [0.15, 0.2) is 0 Å². The van der Waals surface area contributed by atoms with Crippen molar-refractivity contribution < 1.29 is 0 Å². The van der Waals surface area contributed by atoms with Crippen molar-refractivity contribution >= 4 is 15.9 Å². The van der Waals surface area contributed by atoms with E-state index in [-0.39, 0.29) is 6.04 Å². The Morgan fingerprint density at radius 2 is 2.17 bits per heavy atom. The third-order valence-electron chi connectivity index (χ3n) is 3.58. The Kier molecular flexibility index (Phi) is 5.22. The third kappa shape index (κ3) is 4.08. The van der Waals surface area contributed by atoms with E-state index in [4.69, 9.17) is 5.73 Å². The minimum absolute atomic E-state index is 0.153. The average molecular weight is 311 g/mol. The molecule has 1 unspecified atom stereocenters. The first-order chi connectivity index (χ1) is 8.70. The summed E-state index contributed by atoms with van der Waals surface area (Å²) in [5, 5.41) is 0. The van der Waals surface area contributed by atoms with Gasteiger partial charge < -0.3 is 10.6 Å². The summed E-state index contributed by atoms with van der Waals surface area (Å²) in [5.41, 5.74) is 7.51. The van der Waals surface area contributed by atoms with Crippen LogP contribution in [-0.4, -0.2) is 24.0 Å². The van der Waals surface area contributed by atoms with Crippen LogP contribution in [0.15, 0.2) is 28.7 Å². The fourth-order valence-electron chi connectivity index (χ4n) is 2.41. The summed E-state index contributed by atoms with van der Waals surface area (Å²) < 4.78 is 1.11. The van der Waals surface area contributed by atoms with Gasteiger partial charge >= 0.3 is 0 Å². The number of hydrogen-bond acceptors (Lipinski definition) is 2. The molecule has 1 aromatic rings. The van der Waals surface area contributed by atoms with Gasteiger partial charge in [-0.2, -0.15) is 0 Å². The van der Waals surface area contributed by atoms with Crippen LogP contribution in [0.2, 0.25) is 0 Å². The standard InChI is InChI=1S/C15H23BrN2/c1-2-9-18(14-6-7-14)10-8-15(17)12-4-3-5-13(16)11-12/h3-5,11,14-15H,2,6-10,17H2,1H3. The molecule has 18 heavy (non-hydrogen) atoms. The molecule has 0 bridgehead atoms. The van der Waals surface area contributed by atoms with E-state index < -0.39 is 0 Å². The maximum atomic E-state index is 6.28. The van der Waals surface area contributed by atoms with Crippen LogP contribution >= 0.6 is 15.9 Å². The van der Waals surface area contributed by atoms with Crippen LogP contribution in [0.3, 0.4) is 0 Å². The number of nitrogens with two attached hydrogens (primary N) is 1. The highest BCUT2D eigenvalue weighted by atomic mass is 79.9. The van der Waals surface area contributed by atoms with Crippen LogP contribution in [0.25, 0.3) is 0 Å². The molecular weight excluding hydrogens is 288 g/mol. The molecular formula is C15H23BrN2. The molecule has 0 saturated heterocycles. The molecule has 0 radical (unpaired) electrons. The number of rotatable bonds is 7. The van der Waals surface area contributed by atoms with Gasteiger partial charge in [-0.3, -0.25) is 0 Å². The molecule has 2 nitrogen and oxygen atoms in total. The van der Waals surface area contributed by atoms with Crippen LogP contribution < -0.4 is 5.73 Å². The second kappa shape index (κ2) is 6.69. The lowest BCUT2D eigenvalue weighted by atomic mass is 10.0. The predicted molar refractivity (Wildman–Crippen MR) is 80.6 cm³/mol. The normalized spacial score (nSPS) is 17.1. The molecule has 0 amide bonds. The third-order valence-corrected chi connectivity index (χ3v) is 4.07. The van der Waals surface area contributed by atoms with E-state index in [1.165, 1.54) is 31.4 Å². The Balaban J connectivity index is 1.84. The summed E-state index contributed by atoms with van der Waals surface area (Å²) in [5.74, 6) is 0. The Bertz CT molecular complexity index is 377. The van der Waals surface area contributed by atoms with Crippen molar-refractivity contribution in [1.82, 2.24) is 4.90 Å². The molecule has 1 aliphatic carbocycles. The first-order valence-corrected chi connectivity index (χ1v) is 7.75. The number of hydrogen-bond donors (Lipinski definition) is 1. The Morgan fingerprint density at radius 1 is 1.39 bits per heavy atom. The molecule has 1 fully saturated rings. The average Bonchev–Trinajstić information content (AvgIpc) is 3.18. The van der Waals surface area contributed by atoms with Gasteiger partial charge in [0.25, 0.3) is 0 Å². The van der Waals surface area contributed by atoms with Crippen LogP contribution in [0.5, 0.6) is 0 Å². The van der Waals surface area contributed by atoms with Crippen molar-refractivity contribution in [3.63, 3.8) is 0 Å². The van der Waals surface area contributed by atoms with E-state index >= 15 is 0 Å². The maximum Gasteiger partial charge on any atom is 0.0307 e. The minimum Gasteiger partial charge on any atom is -0.324 e. The van der Waals surface area contributed by atoms with E-state index in [9.17, 15) is 0 Å². The number of halogens is 1. The summed E-state index contributed by atoms with van der Waals surface area (Å²) in [6.45, 7) is 4.60. The SMILES string of the molecule is CCCN(CCC(N)c1cccc(Br)c1)C1CC1. The second-order valence-electron chi connectivity index (χ2n) is 5.22. The molecule has 1 aromatic carbocycles. The highest BCUT2D eigenvalue weighted by Gasteiger charge is 2.28. The lowest BCUT2D eigenvalue weighted by Crippen LogP contribution is -2.30. The molecule has 3 heteroatoms. The Labute approximate surface area is 119 Å². The zero-order valence-corrected chi connectivity index (χ0v) is 12.7. The summed E-state index contributed by atoms with van der Waals surface area (Å²) in [6.07, 6.45) is 5.05. The van der Waals surface area contributed by atoms with Gasteiger partial charge in [0.1, 0.15) is 0 Å². The van der Waals surface area contributed by atoms with E-state index in [2.05, 4.69) is 46.0 Å². The van der Waals surface area contributed by atoms with Crippen molar-refractivity contribution in [3.05, 3.63) is 34.3 Å². The summed E-state index contributed by atoms with van der Waals surface area (Å²) in [4.78, 5) is 2.61. The lowest BCUT2D eigenvalue weighted by molar-refractivity contribution is 0.253. The van der Waals surface area contributed by atoms with Gasteiger partial charge in [-0.25, -0.2) is 0 Å².